The molecular weight excluding hydrogens is 256 g/mol. The summed E-state index contributed by atoms with van der Waals surface area (Å²) >= 11 is 7.24. The minimum Gasteiger partial charge on any atom is -0.301 e. The fourth-order valence-electron chi connectivity index (χ4n) is 1.21. The average Bonchev–Trinajstić information content (AvgIpc) is 2.32. The molecule has 0 unspecified atom stereocenters. The van der Waals surface area contributed by atoms with Gasteiger partial charge in [0.2, 0.25) is 6.19 Å². The third kappa shape index (κ3) is 6.27. The topological polar surface area (TPSA) is 52.3 Å². The Morgan fingerprint density at radius 3 is 3.12 bits per heavy atom. The van der Waals surface area contributed by atoms with Crippen molar-refractivity contribution in [2.75, 3.05) is 19.3 Å². The van der Waals surface area contributed by atoms with E-state index in [4.69, 9.17) is 16.9 Å². The van der Waals surface area contributed by atoms with Crippen LogP contribution in [0.2, 0.25) is 5.15 Å². The van der Waals surface area contributed by atoms with Gasteiger partial charge in [-0.3, -0.25) is 0 Å². The maximum Gasteiger partial charge on any atom is 0.206 e. The fraction of sp³-hybridized carbons (Fsp3) is 0.364. The number of rotatable bonds is 6. The summed E-state index contributed by atoms with van der Waals surface area (Å²) in [6, 6.07) is 3.76. The number of pyridine rings is 1. The third-order valence-electron chi connectivity index (χ3n) is 2.02. The van der Waals surface area contributed by atoms with Gasteiger partial charge in [0.25, 0.3) is 0 Å². The first kappa shape index (κ1) is 14.0. The lowest BCUT2D eigenvalue weighted by Gasteiger charge is -2.15. The van der Waals surface area contributed by atoms with Crippen molar-refractivity contribution in [2.45, 2.75) is 6.54 Å². The van der Waals surface area contributed by atoms with Gasteiger partial charge in [-0.05, 0) is 18.7 Å². The standard InChI is InChI=1S/C11H13ClN4S/c1-16(4-5-17-9-14-8-13)7-10-2-3-11(12)15-6-10/h2-3,6,9H,4-5,7H2,1H3. The molecule has 0 saturated carbocycles. The summed E-state index contributed by atoms with van der Waals surface area (Å²) in [6.45, 7) is 1.75. The molecular formula is C11H13ClN4S. The van der Waals surface area contributed by atoms with Crippen LogP contribution >= 0.6 is 23.4 Å². The van der Waals surface area contributed by atoms with Crippen LogP contribution in [-0.4, -0.2) is 34.8 Å². The van der Waals surface area contributed by atoms with Crippen molar-refractivity contribution >= 4 is 28.9 Å². The van der Waals surface area contributed by atoms with Crippen molar-refractivity contribution in [3.8, 4) is 6.19 Å². The molecule has 0 atom stereocenters. The fourth-order valence-corrected chi connectivity index (χ4v) is 1.97. The van der Waals surface area contributed by atoms with E-state index in [2.05, 4.69) is 14.9 Å². The summed E-state index contributed by atoms with van der Waals surface area (Å²) < 4.78 is 0. The summed E-state index contributed by atoms with van der Waals surface area (Å²) in [6.07, 6.45) is 3.50. The number of aliphatic imine (C=N–C) groups is 1. The Morgan fingerprint density at radius 2 is 2.47 bits per heavy atom. The smallest absolute Gasteiger partial charge is 0.206 e. The van der Waals surface area contributed by atoms with Crippen molar-refractivity contribution in [1.82, 2.24) is 9.88 Å². The van der Waals surface area contributed by atoms with Gasteiger partial charge < -0.3 is 4.90 Å². The number of hydrogen-bond donors (Lipinski definition) is 0. The van der Waals surface area contributed by atoms with Crippen molar-refractivity contribution < 1.29 is 0 Å². The van der Waals surface area contributed by atoms with E-state index in [0.717, 1.165) is 24.4 Å². The Morgan fingerprint density at radius 1 is 1.65 bits per heavy atom. The van der Waals surface area contributed by atoms with Gasteiger partial charge in [0.1, 0.15) is 5.15 Å². The molecule has 1 aromatic rings. The van der Waals surface area contributed by atoms with Crippen LogP contribution in [0, 0.1) is 11.5 Å². The van der Waals surface area contributed by atoms with Gasteiger partial charge in [0, 0.05) is 25.0 Å². The number of nitriles is 1. The molecule has 1 heterocycles. The number of hydrogen-bond acceptors (Lipinski definition) is 5. The Balaban J connectivity index is 2.25. The van der Waals surface area contributed by atoms with Gasteiger partial charge >= 0.3 is 0 Å². The van der Waals surface area contributed by atoms with Gasteiger partial charge in [-0.2, -0.15) is 10.3 Å². The van der Waals surface area contributed by atoms with Crippen molar-refractivity contribution in [3.05, 3.63) is 29.0 Å². The van der Waals surface area contributed by atoms with Crippen LogP contribution in [0.15, 0.2) is 23.3 Å². The molecule has 0 amide bonds. The van der Waals surface area contributed by atoms with Gasteiger partial charge in [0.15, 0.2) is 0 Å². The van der Waals surface area contributed by atoms with Crippen LogP contribution in [0.5, 0.6) is 0 Å². The summed E-state index contributed by atoms with van der Waals surface area (Å²) in [7, 11) is 2.04. The zero-order valence-electron chi connectivity index (χ0n) is 9.51. The van der Waals surface area contributed by atoms with E-state index in [0.29, 0.717) is 5.15 Å². The Labute approximate surface area is 110 Å². The first-order valence-corrected chi connectivity index (χ1v) is 6.46. The molecule has 0 spiro atoms. The lowest BCUT2D eigenvalue weighted by molar-refractivity contribution is 0.348. The van der Waals surface area contributed by atoms with E-state index in [1.807, 2.05) is 13.1 Å². The molecule has 4 nitrogen and oxygen atoms in total. The van der Waals surface area contributed by atoms with Crippen molar-refractivity contribution in [1.29, 1.82) is 5.26 Å². The Kier molecular flexibility index (Phi) is 6.63. The molecule has 1 rings (SSSR count). The highest BCUT2D eigenvalue weighted by atomic mass is 35.5. The zero-order valence-corrected chi connectivity index (χ0v) is 11.1. The number of aromatic nitrogens is 1. The maximum absolute atomic E-state index is 8.20. The lowest BCUT2D eigenvalue weighted by Crippen LogP contribution is -2.20. The molecule has 1 aromatic heterocycles. The van der Waals surface area contributed by atoms with Crippen molar-refractivity contribution in [3.63, 3.8) is 0 Å². The summed E-state index contributed by atoms with van der Waals surface area (Å²) in [5, 5.41) is 8.72. The minimum absolute atomic E-state index is 0.514. The quantitative estimate of drug-likeness (QED) is 0.261. The molecule has 0 N–H and O–H groups in total. The number of thioether (sulfide) groups is 1. The van der Waals surface area contributed by atoms with Crippen LogP contribution in [-0.2, 0) is 6.54 Å². The summed E-state index contributed by atoms with van der Waals surface area (Å²) in [5.41, 5.74) is 2.70. The maximum atomic E-state index is 8.20. The lowest BCUT2D eigenvalue weighted by atomic mass is 10.3. The Bertz CT molecular complexity index is 399. The van der Waals surface area contributed by atoms with Crippen LogP contribution in [0.4, 0.5) is 0 Å². The second-order valence-corrected chi connectivity index (χ2v) is 4.77. The first-order valence-electron chi connectivity index (χ1n) is 5.03. The molecule has 0 saturated heterocycles. The molecule has 0 radical (unpaired) electrons. The monoisotopic (exact) mass is 268 g/mol. The molecule has 0 aliphatic rings. The Hall–Kier alpha value is -1.09. The van der Waals surface area contributed by atoms with Crippen LogP contribution in [0.1, 0.15) is 5.56 Å². The molecule has 0 aliphatic heterocycles. The average molecular weight is 269 g/mol. The van der Waals surface area contributed by atoms with E-state index in [1.54, 1.807) is 24.0 Å². The van der Waals surface area contributed by atoms with Crippen molar-refractivity contribution in [2.24, 2.45) is 4.99 Å². The van der Waals surface area contributed by atoms with Gasteiger partial charge in [-0.25, -0.2) is 4.98 Å². The second-order valence-electron chi connectivity index (χ2n) is 3.43. The van der Waals surface area contributed by atoms with E-state index in [1.165, 1.54) is 11.8 Å². The van der Waals surface area contributed by atoms with E-state index < -0.39 is 0 Å². The SMILES string of the molecule is CN(CCSC=NC#N)Cc1ccc(Cl)nc1. The van der Waals surface area contributed by atoms with Crippen LogP contribution in [0.25, 0.3) is 0 Å². The first-order chi connectivity index (χ1) is 8.22. The highest BCUT2D eigenvalue weighted by Gasteiger charge is 2.00. The zero-order chi connectivity index (χ0) is 12.5. The molecule has 0 bridgehead atoms. The number of nitrogens with zero attached hydrogens (tertiary/aromatic N) is 4. The highest BCUT2D eigenvalue weighted by Crippen LogP contribution is 2.07. The van der Waals surface area contributed by atoms with Gasteiger partial charge in [-0.15, -0.1) is 11.8 Å². The normalized spacial score (nSPS) is 10.9. The molecule has 6 heteroatoms. The van der Waals surface area contributed by atoms with E-state index >= 15 is 0 Å². The third-order valence-corrected chi connectivity index (χ3v) is 2.91. The van der Waals surface area contributed by atoms with Crippen LogP contribution < -0.4 is 0 Å². The molecule has 90 valence electrons. The van der Waals surface area contributed by atoms with E-state index in [-0.39, 0.29) is 0 Å². The molecule has 0 aliphatic carbocycles. The molecule has 0 aromatic carbocycles. The van der Waals surface area contributed by atoms with Crippen LogP contribution in [0.3, 0.4) is 0 Å². The largest absolute Gasteiger partial charge is 0.301 e. The predicted octanol–water partition coefficient (Wildman–Crippen LogP) is 2.41. The van der Waals surface area contributed by atoms with E-state index in [9.17, 15) is 0 Å². The second kappa shape index (κ2) is 8.07. The molecule has 0 fully saturated rings. The van der Waals surface area contributed by atoms with Gasteiger partial charge in [0.05, 0.1) is 5.55 Å². The summed E-state index contributed by atoms with van der Waals surface area (Å²) in [5.74, 6) is 0.905. The molecule has 17 heavy (non-hydrogen) atoms. The number of halogens is 1. The van der Waals surface area contributed by atoms with Gasteiger partial charge in [-0.1, -0.05) is 17.7 Å². The minimum atomic E-state index is 0.514. The highest BCUT2D eigenvalue weighted by molar-refractivity contribution is 8.12. The summed E-state index contributed by atoms with van der Waals surface area (Å²) in [4.78, 5) is 9.67. The predicted molar refractivity (Wildman–Crippen MR) is 72.1 cm³/mol.